The Bertz CT molecular complexity index is 1130. The average molecular weight is 465 g/mol. The van der Waals surface area contributed by atoms with Gasteiger partial charge in [0.1, 0.15) is 16.5 Å². The van der Waals surface area contributed by atoms with Crippen molar-refractivity contribution >= 4 is 33.3 Å². The van der Waals surface area contributed by atoms with Crippen LogP contribution >= 0.6 is 11.3 Å². The van der Waals surface area contributed by atoms with Crippen molar-refractivity contribution in [2.24, 2.45) is 0 Å². The fourth-order valence-corrected chi connectivity index (χ4v) is 7.04. The summed E-state index contributed by atoms with van der Waals surface area (Å²) in [6.45, 7) is 2.98. The van der Waals surface area contributed by atoms with Crippen molar-refractivity contribution in [1.29, 1.82) is 0 Å². The van der Waals surface area contributed by atoms with E-state index in [-0.39, 0.29) is 5.91 Å². The Morgan fingerprint density at radius 2 is 1.76 bits per heavy atom. The van der Waals surface area contributed by atoms with Crippen molar-refractivity contribution in [1.82, 2.24) is 14.9 Å². The van der Waals surface area contributed by atoms with E-state index in [1.54, 1.807) is 18.4 Å². The number of anilines is 1. The van der Waals surface area contributed by atoms with Gasteiger partial charge in [-0.1, -0.05) is 25.7 Å². The SMILES string of the molecule is O=C(c1ccco1)N1CCN(c2nc(C3CCCCC3)nc3sc4c(c23)CCCCC4)CC1. The van der Waals surface area contributed by atoms with Gasteiger partial charge in [0.15, 0.2) is 5.76 Å². The highest BCUT2D eigenvalue weighted by atomic mass is 32.1. The van der Waals surface area contributed by atoms with Crippen LogP contribution in [0.25, 0.3) is 10.2 Å². The van der Waals surface area contributed by atoms with E-state index in [2.05, 4.69) is 4.90 Å². The minimum atomic E-state index is -0.0141. The molecule has 0 radical (unpaired) electrons. The summed E-state index contributed by atoms with van der Waals surface area (Å²) in [6.07, 6.45) is 14.1. The van der Waals surface area contributed by atoms with E-state index >= 15 is 0 Å². The predicted molar refractivity (Wildman–Crippen MR) is 131 cm³/mol. The lowest BCUT2D eigenvalue weighted by Crippen LogP contribution is -2.49. The molecule has 7 heteroatoms. The molecule has 0 bridgehead atoms. The Morgan fingerprint density at radius 3 is 2.55 bits per heavy atom. The number of rotatable bonds is 3. The minimum absolute atomic E-state index is 0.0141. The Morgan fingerprint density at radius 1 is 0.970 bits per heavy atom. The molecule has 6 rings (SSSR count). The van der Waals surface area contributed by atoms with E-state index in [1.165, 1.54) is 78.4 Å². The van der Waals surface area contributed by atoms with Gasteiger partial charge in [-0.3, -0.25) is 4.79 Å². The number of thiophene rings is 1. The van der Waals surface area contributed by atoms with Gasteiger partial charge in [-0.2, -0.15) is 0 Å². The molecule has 1 aliphatic heterocycles. The van der Waals surface area contributed by atoms with Crippen LogP contribution in [0.2, 0.25) is 0 Å². The Labute approximate surface area is 199 Å². The molecule has 174 valence electrons. The monoisotopic (exact) mass is 464 g/mol. The second kappa shape index (κ2) is 9.09. The number of hydrogen-bond donors (Lipinski definition) is 0. The number of carbonyl (C=O) groups excluding carboxylic acids is 1. The summed E-state index contributed by atoms with van der Waals surface area (Å²) in [5, 5.41) is 1.31. The quantitative estimate of drug-likeness (QED) is 0.475. The van der Waals surface area contributed by atoms with Crippen molar-refractivity contribution in [3.05, 3.63) is 40.4 Å². The predicted octanol–water partition coefficient (Wildman–Crippen LogP) is 5.56. The molecule has 1 amide bonds. The van der Waals surface area contributed by atoms with E-state index < -0.39 is 0 Å². The molecule has 0 atom stereocenters. The van der Waals surface area contributed by atoms with Gasteiger partial charge in [-0.15, -0.1) is 11.3 Å². The van der Waals surface area contributed by atoms with E-state index in [0.29, 0.717) is 24.8 Å². The normalized spacial score (nSPS) is 20.1. The van der Waals surface area contributed by atoms with Crippen molar-refractivity contribution in [2.75, 3.05) is 31.1 Å². The van der Waals surface area contributed by atoms with E-state index in [1.807, 2.05) is 16.2 Å². The molecule has 1 saturated heterocycles. The maximum absolute atomic E-state index is 12.8. The van der Waals surface area contributed by atoms with Crippen molar-refractivity contribution in [3.63, 3.8) is 0 Å². The van der Waals surface area contributed by atoms with Gasteiger partial charge in [0.2, 0.25) is 0 Å². The molecule has 3 aromatic rings. The molecule has 6 nitrogen and oxygen atoms in total. The highest BCUT2D eigenvalue weighted by molar-refractivity contribution is 7.19. The lowest BCUT2D eigenvalue weighted by Gasteiger charge is -2.35. The molecule has 0 unspecified atom stereocenters. The van der Waals surface area contributed by atoms with Crippen molar-refractivity contribution < 1.29 is 9.21 Å². The summed E-state index contributed by atoms with van der Waals surface area (Å²) >= 11 is 1.92. The molecule has 0 N–H and O–H groups in total. The summed E-state index contributed by atoms with van der Waals surface area (Å²) in [7, 11) is 0. The van der Waals surface area contributed by atoms with Crippen LogP contribution in [0.15, 0.2) is 22.8 Å². The number of fused-ring (bicyclic) bond motifs is 3. The van der Waals surface area contributed by atoms with Gasteiger partial charge in [-0.05, 0) is 56.2 Å². The van der Waals surface area contributed by atoms with E-state index in [4.69, 9.17) is 14.4 Å². The first-order valence-electron chi connectivity index (χ1n) is 12.7. The van der Waals surface area contributed by atoms with E-state index in [9.17, 15) is 4.79 Å². The lowest BCUT2D eigenvalue weighted by atomic mass is 9.88. The largest absolute Gasteiger partial charge is 0.459 e. The third-order valence-corrected chi connectivity index (χ3v) is 8.82. The Balaban J connectivity index is 1.34. The van der Waals surface area contributed by atoms with Gasteiger partial charge in [0.05, 0.1) is 11.6 Å². The number of aryl methyl sites for hydroxylation is 2. The van der Waals surface area contributed by atoms with Crippen LogP contribution in [0.1, 0.15) is 84.1 Å². The zero-order valence-electron chi connectivity index (χ0n) is 19.2. The van der Waals surface area contributed by atoms with E-state index in [0.717, 1.165) is 31.2 Å². The molecular weight excluding hydrogens is 432 g/mol. The van der Waals surface area contributed by atoms with Gasteiger partial charge >= 0.3 is 0 Å². The molecular formula is C26H32N4O2S. The van der Waals surface area contributed by atoms with Crippen LogP contribution < -0.4 is 4.90 Å². The Kier molecular flexibility index (Phi) is 5.82. The molecule has 1 saturated carbocycles. The first kappa shape index (κ1) is 21.1. The molecule has 0 spiro atoms. The molecule has 2 fully saturated rings. The number of piperazine rings is 1. The number of furan rings is 1. The van der Waals surface area contributed by atoms with Gasteiger partial charge in [0.25, 0.3) is 5.91 Å². The number of carbonyl (C=O) groups is 1. The second-order valence-electron chi connectivity index (χ2n) is 9.74. The summed E-state index contributed by atoms with van der Waals surface area (Å²) in [6, 6.07) is 3.52. The number of nitrogens with zero attached hydrogens (tertiary/aromatic N) is 4. The zero-order chi connectivity index (χ0) is 22.2. The lowest BCUT2D eigenvalue weighted by molar-refractivity contribution is 0.0714. The van der Waals surface area contributed by atoms with Crippen LogP contribution in [0.5, 0.6) is 0 Å². The third kappa shape index (κ3) is 4.05. The van der Waals surface area contributed by atoms with Gasteiger partial charge in [0, 0.05) is 37.0 Å². The van der Waals surface area contributed by atoms with Crippen LogP contribution in [0, 0.1) is 0 Å². The standard InChI is InChI=1S/C26H32N4O2S/c31-26(20-11-7-17-32-20)30-15-13-29(14-16-30)24-22-19-10-5-2-6-12-21(19)33-25(22)28-23(27-24)18-8-3-1-4-9-18/h7,11,17-18H,1-6,8-10,12-16H2. The molecule has 2 aliphatic carbocycles. The van der Waals surface area contributed by atoms with Crippen molar-refractivity contribution in [2.45, 2.75) is 70.1 Å². The fraction of sp³-hybridized carbons (Fsp3) is 0.577. The molecule has 3 aromatic heterocycles. The molecule has 3 aliphatic rings. The minimum Gasteiger partial charge on any atom is -0.459 e. The third-order valence-electron chi connectivity index (χ3n) is 7.63. The number of aromatic nitrogens is 2. The maximum Gasteiger partial charge on any atom is 0.289 e. The summed E-state index contributed by atoms with van der Waals surface area (Å²) in [4.78, 5) is 30.3. The summed E-state index contributed by atoms with van der Waals surface area (Å²) in [5.41, 5.74) is 1.51. The number of amides is 1. The topological polar surface area (TPSA) is 62.5 Å². The Hall–Kier alpha value is -2.41. The average Bonchev–Trinajstić information content (AvgIpc) is 3.46. The first-order chi connectivity index (χ1) is 16.3. The summed E-state index contributed by atoms with van der Waals surface area (Å²) in [5.74, 6) is 3.09. The van der Waals surface area contributed by atoms with Crippen molar-refractivity contribution in [3.8, 4) is 0 Å². The second-order valence-corrected chi connectivity index (χ2v) is 10.8. The summed E-state index contributed by atoms with van der Waals surface area (Å²) < 4.78 is 5.34. The molecule has 33 heavy (non-hydrogen) atoms. The molecule has 0 aromatic carbocycles. The highest BCUT2D eigenvalue weighted by Crippen LogP contribution is 2.41. The van der Waals surface area contributed by atoms with Crippen LogP contribution in [-0.4, -0.2) is 47.0 Å². The van der Waals surface area contributed by atoms with Crippen LogP contribution in [0.4, 0.5) is 5.82 Å². The molecule has 4 heterocycles. The first-order valence-corrected chi connectivity index (χ1v) is 13.5. The maximum atomic E-state index is 12.8. The zero-order valence-corrected chi connectivity index (χ0v) is 20.0. The van der Waals surface area contributed by atoms with Crippen LogP contribution in [-0.2, 0) is 12.8 Å². The van der Waals surface area contributed by atoms with Gasteiger partial charge < -0.3 is 14.2 Å². The fourth-order valence-electron chi connectivity index (χ4n) is 5.78. The number of hydrogen-bond acceptors (Lipinski definition) is 6. The van der Waals surface area contributed by atoms with Gasteiger partial charge in [-0.25, -0.2) is 9.97 Å². The smallest absolute Gasteiger partial charge is 0.289 e. The highest BCUT2D eigenvalue weighted by Gasteiger charge is 2.29. The van der Waals surface area contributed by atoms with Crippen LogP contribution in [0.3, 0.4) is 0 Å².